The van der Waals surface area contributed by atoms with Crippen molar-refractivity contribution in [3.63, 3.8) is 0 Å². The number of piperidine rings is 1. The molecule has 1 amide bonds. The average Bonchev–Trinajstić information content (AvgIpc) is 2.26. The standard InChI is InChI=1S/C12H25N3O3S/c1-12(2)6-4-7-13-10(12)11(16)14-8-5-9-15-19(3,17)18/h10,13,15H,4-9H2,1-3H3,(H,14,16). The summed E-state index contributed by atoms with van der Waals surface area (Å²) in [7, 11) is -3.14. The van der Waals surface area contributed by atoms with Crippen LogP contribution in [0, 0.1) is 5.41 Å². The molecule has 1 heterocycles. The minimum Gasteiger partial charge on any atom is -0.355 e. The molecule has 3 N–H and O–H groups in total. The van der Waals surface area contributed by atoms with E-state index < -0.39 is 10.0 Å². The average molecular weight is 291 g/mol. The third-order valence-electron chi connectivity index (χ3n) is 3.41. The van der Waals surface area contributed by atoms with Gasteiger partial charge < -0.3 is 10.6 Å². The Labute approximate surface area is 115 Å². The summed E-state index contributed by atoms with van der Waals surface area (Å²) in [6.07, 6.45) is 3.84. The predicted octanol–water partition coefficient (Wildman–Crippen LogP) is -0.180. The van der Waals surface area contributed by atoms with Crippen molar-refractivity contribution < 1.29 is 13.2 Å². The van der Waals surface area contributed by atoms with E-state index in [1.54, 1.807) is 0 Å². The van der Waals surface area contributed by atoms with Crippen molar-refractivity contribution in [1.29, 1.82) is 0 Å². The molecule has 1 atom stereocenters. The van der Waals surface area contributed by atoms with Crippen molar-refractivity contribution >= 4 is 15.9 Å². The maximum atomic E-state index is 12.1. The summed E-state index contributed by atoms with van der Waals surface area (Å²) in [4.78, 5) is 12.1. The van der Waals surface area contributed by atoms with E-state index in [-0.39, 0.29) is 17.4 Å². The zero-order valence-electron chi connectivity index (χ0n) is 12.0. The molecule has 6 nitrogen and oxygen atoms in total. The quantitative estimate of drug-likeness (QED) is 0.593. The first-order valence-electron chi connectivity index (χ1n) is 6.68. The summed E-state index contributed by atoms with van der Waals surface area (Å²) in [5.41, 5.74) is -0.0344. The molecule has 1 aliphatic rings. The molecule has 0 aromatic carbocycles. The van der Waals surface area contributed by atoms with Gasteiger partial charge in [0.25, 0.3) is 0 Å². The van der Waals surface area contributed by atoms with Crippen LogP contribution in [-0.4, -0.2) is 46.3 Å². The summed E-state index contributed by atoms with van der Waals surface area (Å²) in [5, 5.41) is 6.11. The summed E-state index contributed by atoms with van der Waals surface area (Å²) >= 11 is 0. The van der Waals surface area contributed by atoms with E-state index in [1.165, 1.54) is 0 Å². The number of hydrogen-bond acceptors (Lipinski definition) is 4. The Balaban J connectivity index is 2.27. The molecule has 1 rings (SSSR count). The van der Waals surface area contributed by atoms with Gasteiger partial charge in [-0.25, -0.2) is 13.1 Å². The Morgan fingerprint density at radius 1 is 1.37 bits per heavy atom. The summed E-state index contributed by atoms with van der Waals surface area (Å²) in [5.74, 6) is 0.00376. The molecule has 0 saturated carbocycles. The number of carbonyl (C=O) groups excluding carboxylic acids is 1. The van der Waals surface area contributed by atoms with Crippen LogP contribution in [0.3, 0.4) is 0 Å². The van der Waals surface area contributed by atoms with Gasteiger partial charge in [-0.2, -0.15) is 0 Å². The Kier molecular flexibility index (Phi) is 5.76. The van der Waals surface area contributed by atoms with E-state index >= 15 is 0 Å². The molecule has 1 fully saturated rings. The predicted molar refractivity (Wildman–Crippen MR) is 75.3 cm³/mol. The fraction of sp³-hybridized carbons (Fsp3) is 0.917. The highest BCUT2D eigenvalue weighted by atomic mass is 32.2. The topological polar surface area (TPSA) is 87.3 Å². The van der Waals surface area contributed by atoms with Crippen LogP contribution >= 0.6 is 0 Å². The molecule has 0 spiro atoms. The zero-order chi connectivity index (χ0) is 14.5. The van der Waals surface area contributed by atoms with Crippen molar-refractivity contribution in [2.75, 3.05) is 25.9 Å². The van der Waals surface area contributed by atoms with Gasteiger partial charge in [0.05, 0.1) is 12.3 Å². The Morgan fingerprint density at radius 2 is 2.05 bits per heavy atom. The van der Waals surface area contributed by atoms with Crippen LogP contribution < -0.4 is 15.4 Å². The first-order valence-corrected chi connectivity index (χ1v) is 8.57. The third-order valence-corrected chi connectivity index (χ3v) is 4.14. The van der Waals surface area contributed by atoms with Gasteiger partial charge in [-0.15, -0.1) is 0 Å². The van der Waals surface area contributed by atoms with Crippen LogP contribution in [0.2, 0.25) is 0 Å². The first kappa shape index (κ1) is 16.4. The smallest absolute Gasteiger partial charge is 0.237 e. The van der Waals surface area contributed by atoms with Crippen LogP contribution in [0.15, 0.2) is 0 Å². The van der Waals surface area contributed by atoms with Crippen LogP contribution in [0.25, 0.3) is 0 Å². The van der Waals surface area contributed by atoms with Crippen LogP contribution in [0.4, 0.5) is 0 Å². The van der Waals surface area contributed by atoms with E-state index in [1.807, 2.05) is 0 Å². The van der Waals surface area contributed by atoms with Crippen molar-refractivity contribution in [2.24, 2.45) is 5.41 Å². The molecule has 1 aliphatic heterocycles. The lowest BCUT2D eigenvalue weighted by molar-refractivity contribution is -0.126. The van der Waals surface area contributed by atoms with Crippen molar-refractivity contribution in [3.8, 4) is 0 Å². The SMILES string of the molecule is CC1(C)CCCNC1C(=O)NCCCNS(C)(=O)=O. The summed E-state index contributed by atoms with van der Waals surface area (Å²) < 4.78 is 24.1. The molecule has 19 heavy (non-hydrogen) atoms. The van der Waals surface area contributed by atoms with Gasteiger partial charge in [0.1, 0.15) is 0 Å². The van der Waals surface area contributed by atoms with Gasteiger partial charge in [-0.1, -0.05) is 13.8 Å². The molecule has 0 aromatic rings. The minimum absolute atomic E-state index is 0.00376. The number of hydrogen-bond donors (Lipinski definition) is 3. The van der Waals surface area contributed by atoms with Gasteiger partial charge in [-0.05, 0) is 31.2 Å². The van der Waals surface area contributed by atoms with E-state index in [9.17, 15) is 13.2 Å². The fourth-order valence-electron chi connectivity index (χ4n) is 2.32. The first-order chi connectivity index (χ1) is 8.72. The van der Waals surface area contributed by atoms with Gasteiger partial charge in [-0.3, -0.25) is 4.79 Å². The molecular weight excluding hydrogens is 266 g/mol. The van der Waals surface area contributed by atoms with Gasteiger partial charge >= 0.3 is 0 Å². The highest BCUT2D eigenvalue weighted by Crippen LogP contribution is 2.29. The van der Waals surface area contributed by atoms with Crippen LogP contribution in [-0.2, 0) is 14.8 Å². The minimum atomic E-state index is -3.14. The molecule has 0 aliphatic carbocycles. The fourth-order valence-corrected chi connectivity index (χ4v) is 2.83. The highest BCUT2D eigenvalue weighted by Gasteiger charge is 2.36. The van der Waals surface area contributed by atoms with Crippen LogP contribution in [0.1, 0.15) is 33.1 Å². The summed E-state index contributed by atoms with van der Waals surface area (Å²) in [6, 6.07) is -0.163. The molecule has 7 heteroatoms. The second kappa shape index (κ2) is 6.67. The zero-order valence-corrected chi connectivity index (χ0v) is 12.8. The van der Waals surface area contributed by atoms with Gasteiger partial charge in [0.15, 0.2) is 0 Å². The van der Waals surface area contributed by atoms with E-state index in [0.29, 0.717) is 19.5 Å². The Bertz CT molecular complexity index is 406. The molecule has 1 unspecified atom stereocenters. The monoisotopic (exact) mass is 291 g/mol. The number of sulfonamides is 1. The van der Waals surface area contributed by atoms with Crippen molar-refractivity contribution in [1.82, 2.24) is 15.4 Å². The lowest BCUT2D eigenvalue weighted by atomic mass is 9.77. The Hall–Kier alpha value is -0.660. The molecule has 0 aromatic heterocycles. The molecular formula is C12H25N3O3S. The van der Waals surface area contributed by atoms with Crippen LogP contribution in [0.5, 0.6) is 0 Å². The second-order valence-electron chi connectivity index (χ2n) is 5.79. The second-order valence-corrected chi connectivity index (χ2v) is 7.62. The van der Waals surface area contributed by atoms with E-state index in [0.717, 1.165) is 25.6 Å². The van der Waals surface area contributed by atoms with Gasteiger partial charge in [0, 0.05) is 13.1 Å². The summed E-state index contributed by atoms with van der Waals surface area (Å²) in [6.45, 7) is 5.89. The van der Waals surface area contributed by atoms with E-state index in [4.69, 9.17) is 0 Å². The van der Waals surface area contributed by atoms with Gasteiger partial charge in [0.2, 0.25) is 15.9 Å². The highest BCUT2D eigenvalue weighted by molar-refractivity contribution is 7.88. The number of rotatable bonds is 6. The van der Waals surface area contributed by atoms with E-state index in [2.05, 4.69) is 29.2 Å². The molecule has 0 bridgehead atoms. The number of nitrogens with one attached hydrogen (secondary N) is 3. The normalized spacial score (nSPS) is 23.0. The number of carbonyl (C=O) groups is 1. The molecule has 112 valence electrons. The van der Waals surface area contributed by atoms with Crippen molar-refractivity contribution in [2.45, 2.75) is 39.2 Å². The lowest BCUT2D eigenvalue weighted by Gasteiger charge is -2.38. The largest absolute Gasteiger partial charge is 0.355 e. The maximum Gasteiger partial charge on any atom is 0.237 e. The Morgan fingerprint density at radius 3 is 2.63 bits per heavy atom. The third kappa shape index (κ3) is 5.88. The molecule has 0 radical (unpaired) electrons. The lowest BCUT2D eigenvalue weighted by Crippen LogP contribution is -2.55. The number of amides is 1. The maximum absolute atomic E-state index is 12.1. The van der Waals surface area contributed by atoms with Crippen molar-refractivity contribution in [3.05, 3.63) is 0 Å². The molecule has 1 saturated heterocycles.